The molecule has 0 saturated heterocycles. The minimum absolute atomic E-state index is 0.0129. The molecule has 2 aromatic carbocycles. The molecule has 0 spiro atoms. The monoisotopic (exact) mass is 449 g/mol. The van der Waals surface area contributed by atoms with Gasteiger partial charge in [-0.2, -0.15) is 15.8 Å². The molecule has 0 fully saturated rings. The van der Waals surface area contributed by atoms with Crippen molar-refractivity contribution in [2.24, 2.45) is 17.1 Å². The Morgan fingerprint density at radius 3 is 2.38 bits per heavy atom. The molecule has 4 rings (SSSR count). The van der Waals surface area contributed by atoms with Gasteiger partial charge in [0, 0.05) is 31.5 Å². The van der Waals surface area contributed by atoms with Crippen LogP contribution in [0.3, 0.4) is 0 Å². The van der Waals surface area contributed by atoms with E-state index in [4.69, 9.17) is 10.5 Å². The van der Waals surface area contributed by atoms with Gasteiger partial charge in [0.15, 0.2) is 5.41 Å². The number of nitrogens with two attached hydrogens (primary N) is 1. The van der Waals surface area contributed by atoms with E-state index in [0.29, 0.717) is 30.8 Å². The third kappa shape index (κ3) is 3.71. The largest absolute Gasteiger partial charge is 0.465 e. The van der Waals surface area contributed by atoms with Gasteiger partial charge in [0.05, 0.1) is 36.1 Å². The second-order valence-corrected chi connectivity index (χ2v) is 8.47. The summed E-state index contributed by atoms with van der Waals surface area (Å²) in [4.78, 5) is 14.1. The molecule has 2 N–H and O–H groups in total. The smallest absolute Gasteiger partial charge is 0.337 e. The average molecular weight is 450 g/mol. The highest BCUT2D eigenvalue weighted by Gasteiger charge is 2.54. The van der Waals surface area contributed by atoms with E-state index in [2.05, 4.69) is 35.2 Å². The van der Waals surface area contributed by atoms with Gasteiger partial charge in [-0.25, -0.2) is 4.79 Å². The number of allylic oxidation sites excluding steroid dienone is 2. The standard InChI is InChI=1S/C27H23N5O2/c1-34-26(33)20-9-7-19(8-10-20)24-23-15-32(14-18-5-3-2-4-6-18)12-11-21(23)22(13-28)25(31)27(24,16-29)17-30/h2-11,23-24H,12,14-15,31H2,1H3/t23-,24+/m1/s1. The molecule has 168 valence electrons. The van der Waals surface area contributed by atoms with E-state index in [1.54, 1.807) is 24.3 Å². The molecular formula is C27H23N5O2. The minimum atomic E-state index is -1.71. The van der Waals surface area contributed by atoms with Crippen LogP contribution in [0.1, 0.15) is 27.4 Å². The lowest BCUT2D eigenvalue weighted by Gasteiger charge is -2.45. The molecule has 2 aromatic rings. The van der Waals surface area contributed by atoms with Gasteiger partial charge < -0.3 is 10.5 Å². The topological polar surface area (TPSA) is 127 Å². The molecule has 0 amide bonds. The first-order valence-electron chi connectivity index (χ1n) is 10.9. The van der Waals surface area contributed by atoms with Gasteiger partial charge in [-0.15, -0.1) is 0 Å². The fourth-order valence-corrected chi connectivity index (χ4v) is 5.03. The molecule has 2 atom stereocenters. The van der Waals surface area contributed by atoms with Crippen molar-refractivity contribution in [1.82, 2.24) is 4.90 Å². The Morgan fingerprint density at radius 1 is 1.12 bits per heavy atom. The van der Waals surface area contributed by atoms with Gasteiger partial charge in [-0.05, 0) is 28.8 Å². The molecule has 0 unspecified atom stereocenters. The first-order valence-corrected chi connectivity index (χ1v) is 10.9. The molecule has 0 saturated carbocycles. The van der Waals surface area contributed by atoms with Crippen molar-refractivity contribution in [2.75, 3.05) is 20.2 Å². The number of nitrogens with zero attached hydrogens (tertiary/aromatic N) is 4. The second-order valence-electron chi connectivity index (χ2n) is 8.47. The molecule has 2 aliphatic rings. The number of esters is 1. The fourth-order valence-electron chi connectivity index (χ4n) is 5.03. The van der Waals surface area contributed by atoms with E-state index in [-0.39, 0.29) is 17.2 Å². The number of fused-ring (bicyclic) bond motifs is 1. The molecule has 1 aliphatic carbocycles. The molecule has 1 aliphatic heterocycles. The number of methoxy groups -OCH3 is 1. The summed E-state index contributed by atoms with van der Waals surface area (Å²) in [5, 5.41) is 30.3. The van der Waals surface area contributed by atoms with Crippen molar-refractivity contribution in [3.63, 3.8) is 0 Å². The first kappa shape index (κ1) is 22.8. The number of carbonyl (C=O) groups is 1. The number of benzene rings is 2. The van der Waals surface area contributed by atoms with Crippen molar-refractivity contribution in [1.29, 1.82) is 15.8 Å². The van der Waals surface area contributed by atoms with Crippen LogP contribution in [0.15, 0.2) is 77.5 Å². The summed E-state index contributed by atoms with van der Waals surface area (Å²) >= 11 is 0. The highest BCUT2D eigenvalue weighted by atomic mass is 16.5. The van der Waals surface area contributed by atoms with Gasteiger partial charge in [-0.1, -0.05) is 48.5 Å². The first-order chi connectivity index (χ1) is 16.5. The predicted molar refractivity (Wildman–Crippen MR) is 124 cm³/mol. The second kappa shape index (κ2) is 9.24. The van der Waals surface area contributed by atoms with Crippen LogP contribution in [0, 0.1) is 45.3 Å². The van der Waals surface area contributed by atoms with Crippen LogP contribution >= 0.6 is 0 Å². The maximum atomic E-state index is 11.9. The van der Waals surface area contributed by atoms with Crippen LogP contribution in [0.5, 0.6) is 0 Å². The Labute approximate surface area is 198 Å². The van der Waals surface area contributed by atoms with E-state index < -0.39 is 17.3 Å². The normalized spacial score (nSPS) is 21.3. The maximum Gasteiger partial charge on any atom is 0.337 e. The lowest BCUT2D eigenvalue weighted by Crippen LogP contribution is -2.47. The number of hydrogen-bond donors (Lipinski definition) is 1. The number of nitriles is 3. The highest BCUT2D eigenvalue weighted by Crippen LogP contribution is 2.54. The van der Waals surface area contributed by atoms with Gasteiger partial charge in [0.2, 0.25) is 0 Å². The van der Waals surface area contributed by atoms with Gasteiger partial charge in [-0.3, -0.25) is 4.90 Å². The lowest BCUT2D eigenvalue weighted by molar-refractivity contribution is 0.0600. The molecule has 7 heteroatoms. The summed E-state index contributed by atoms with van der Waals surface area (Å²) < 4.78 is 4.78. The molecule has 34 heavy (non-hydrogen) atoms. The summed E-state index contributed by atoms with van der Waals surface area (Å²) in [6.45, 7) is 1.87. The number of carbonyl (C=O) groups excluding carboxylic acids is 1. The van der Waals surface area contributed by atoms with Crippen molar-refractivity contribution in [3.05, 3.63) is 94.2 Å². The summed E-state index contributed by atoms with van der Waals surface area (Å²) in [7, 11) is 1.31. The lowest BCUT2D eigenvalue weighted by atomic mass is 9.58. The van der Waals surface area contributed by atoms with Crippen LogP contribution in [-0.4, -0.2) is 31.1 Å². The molecule has 1 heterocycles. The quantitative estimate of drug-likeness (QED) is 0.709. The van der Waals surface area contributed by atoms with Crippen molar-refractivity contribution < 1.29 is 9.53 Å². The van der Waals surface area contributed by atoms with Crippen molar-refractivity contribution >= 4 is 5.97 Å². The molecule has 0 radical (unpaired) electrons. The van der Waals surface area contributed by atoms with E-state index in [0.717, 1.165) is 11.1 Å². The van der Waals surface area contributed by atoms with Crippen LogP contribution in [-0.2, 0) is 11.3 Å². The zero-order chi connectivity index (χ0) is 24.3. The fraction of sp³-hybridized carbons (Fsp3) is 0.259. The highest BCUT2D eigenvalue weighted by molar-refractivity contribution is 5.89. The van der Waals surface area contributed by atoms with Crippen LogP contribution in [0.2, 0.25) is 0 Å². The van der Waals surface area contributed by atoms with Crippen molar-refractivity contribution in [2.45, 2.75) is 12.5 Å². The summed E-state index contributed by atoms with van der Waals surface area (Å²) in [5.74, 6) is -1.39. The summed E-state index contributed by atoms with van der Waals surface area (Å²) in [6.07, 6.45) is 1.98. The SMILES string of the molecule is COC(=O)c1ccc([C@H]2[C@@H]3CN(Cc4ccccc4)CC=C3C(C#N)=C(N)C2(C#N)C#N)cc1. The third-order valence-corrected chi connectivity index (χ3v) is 6.68. The van der Waals surface area contributed by atoms with Gasteiger partial charge >= 0.3 is 5.97 Å². The maximum absolute atomic E-state index is 11.9. The van der Waals surface area contributed by atoms with Crippen molar-refractivity contribution in [3.8, 4) is 18.2 Å². The predicted octanol–water partition coefficient (Wildman–Crippen LogP) is 3.40. The van der Waals surface area contributed by atoms with E-state index in [1.807, 2.05) is 24.3 Å². The summed E-state index contributed by atoms with van der Waals surface area (Å²) in [6, 6.07) is 23.2. The Balaban J connectivity index is 1.82. The third-order valence-electron chi connectivity index (χ3n) is 6.68. The molecule has 0 aromatic heterocycles. The Bertz CT molecular complexity index is 1280. The molecule has 0 bridgehead atoms. The number of ether oxygens (including phenoxy) is 1. The Hall–Kier alpha value is -4.38. The Morgan fingerprint density at radius 2 is 1.79 bits per heavy atom. The Kier molecular flexibility index (Phi) is 6.19. The number of hydrogen-bond acceptors (Lipinski definition) is 7. The van der Waals surface area contributed by atoms with Gasteiger partial charge in [0.25, 0.3) is 0 Å². The minimum Gasteiger partial charge on any atom is -0.465 e. The zero-order valence-electron chi connectivity index (χ0n) is 18.7. The van der Waals surface area contributed by atoms with Crippen LogP contribution < -0.4 is 5.73 Å². The van der Waals surface area contributed by atoms with E-state index in [9.17, 15) is 20.6 Å². The van der Waals surface area contributed by atoms with Crippen LogP contribution in [0.4, 0.5) is 0 Å². The van der Waals surface area contributed by atoms with E-state index in [1.165, 1.54) is 7.11 Å². The van der Waals surface area contributed by atoms with Crippen LogP contribution in [0.25, 0.3) is 0 Å². The summed E-state index contributed by atoms with van der Waals surface area (Å²) in [5.41, 5.74) is 7.85. The average Bonchev–Trinajstić information content (AvgIpc) is 2.88. The van der Waals surface area contributed by atoms with Gasteiger partial charge in [0.1, 0.15) is 6.07 Å². The molecule has 7 nitrogen and oxygen atoms in total. The van der Waals surface area contributed by atoms with E-state index >= 15 is 0 Å². The zero-order valence-corrected chi connectivity index (χ0v) is 18.7. The molecular weight excluding hydrogens is 426 g/mol. The number of rotatable bonds is 4.